The SMILES string of the molecule is CCO[C@@H]1CC[C@@H]2[C@@H]1OCCN2CCc1ccc(OC)c(OC)c1. The zero-order valence-electron chi connectivity index (χ0n) is 15.0. The summed E-state index contributed by atoms with van der Waals surface area (Å²) < 4.78 is 22.6. The number of hydrogen-bond donors (Lipinski definition) is 0. The lowest BCUT2D eigenvalue weighted by atomic mass is 10.1. The van der Waals surface area contributed by atoms with Gasteiger partial charge in [-0.1, -0.05) is 6.07 Å². The highest BCUT2D eigenvalue weighted by atomic mass is 16.5. The van der Waals surface area contributed by atoms with Crippen LogP contribution in [0.15, 0.2) is 18.2 Å². The molecular weight excluding hydrogens is 306 g/mol. The van der Waals surface area contributed by atoms with E-state index in [1.54, 1.807) is 14.2 Å². The summed E-state index contributed by atoms with van der Waals surface area (Å²) in [7, 11) is 3.35. The first-order valence-corrected chi connectivity index (χ1v) is 8.95. The van der Waals surface area contributed by atoms with Gasteiger partial charge in [0, 0.05) is 25.7 Å². The van der Waals surface area contributed by atoms with Gasteiger partial charge in [-0.3, -0.25) is 4.90 Å². The topological polar surface area (TPSA) is 40.2 Å². The van der Waals surface area contributed by atoms with Gasteiger partial charge in [0.15, 0.2) is 11.5 Å². The molecule has 24 heavy (non-hydrogen) atoms. The molecule has 0 amide bonds. The maximum atomic E-state index is 6.01. The van der Waals surface area contributed by atoms with E-state index in [-0.39, 0.29) is 12.2 Å². The summed E-state index contributed by atoms with van der Waals surface area (Å²) in [6.45, 7) is 5.68. The number of benzene rings is 1. The van der Waals surface area contributed by atoms with Crippen molar-refractivity contribution in [3.05, 3.63) is 23.8 Å². The standard InChI is InChI=1S/C19H29NO4/c1-4-23-17-8-6-15-19(17)24-12-11-20(15)10-9-14-5-7-16(21-2)18(13-14)22-3/h5,7,13,15,17,19H,4,6,8-12H2,1-3H3/t15-,17-,19+/m1/s1. The number of fused-ring (bicyclic) bond motifs is 1. The smallest absolute Gasteiger partial charge is 0.160 e. The molecule has 0 spiro atoms. The van der Waals surface area contributed by atoms with Gasteiger partial charge >= 0.3 is 0 Å². The molecule has 2 fully saturated rings. The Bertz CT molecular complexity index is 536. The first kappa shape index (κ1) is 17.5. The summed E-state index contributed by atoms with van der Waals surface area (Å²) in [4.78, 5) is 2.57. The highest BCUT2D eigenvalue weighted by Crippen LogP contribution is 2.32. The van der Waals surface area contributed by atoms with E-state index in [0.29, 0.717) is 6.04 Å². The molecule has 3 atom stereocenters. The van der Waals surface area contributed by atoms with Crippen molar-refractivity contribution < 1.29 is 18.9 Å². The lowest BCUT2D eigenvalue weighted by Crippen LogP contribution is -2.52. The van der Waals surface area contributed by atoms with Crippen molar-refractivity contribution in [2.24, 2.45) is 0 Å². The van der Waals surface area contributed by atoms with Crippen LogP contribution in [0.5, 0.6) is 11.5 Å². The fourth-order valence-electron chi connectivity index (χ4n) is 3.97. The molecule has 0 radical (unpaired) electrons. The second-order valence-corrected chi connectivity index (χ2v) is 6.45. The predicted molar refractivity (Wildman–Crippen MR) is 93.0 cm³/mol. The summed E-state index contributed by atoms with van der Waals surface area (Å²) in [5.74, 6) is 1.58. The second-order valence-electron chi connectivity index (χ2n) is 6.45. The molecule has 3 rings (SSSR count). The predicted octanol–water partition coefficient (Wildman–Crippen LogP) is 2.51. The van der Waals surface area contributed by atoms with Crippen LogP contribution >= 0.6 is 0 Å². The third-order valence-corrected chi connectivity index (χ3v) is 5.17. The molecule has 1 aliphatic heterocycles. The van der Waals surface area contributed by atoms with E-state index in [1.165, 1.54) is 12.0 Å². The fourth-order valence-corrected chi connectivity index (χ4v) is 3.97. The van der Waals surface area contributed by atoms with Gasteiger partial charge in [0.2, 0.25) is 0 Å². The minimum atomic E-state index is 0.240. The third-order valence-electron chi connectivity index (χ3n) is 5.17. The van der Waals surface area contributed by atoms with Crippen molar-refractivity contribution in [2.75, 3.05) is 40.5 Å². The largest absolute Gasteiger partial charge is 0.493 e. The Morgan fingerprint density at radius 1 is 1.17 bits per heavy atom. The minimum absolute atomic E-state index is 0.240. The van der Waals surface area contributed by atoms with Crippen LogP contribution in [0.3, 0.4) is 0 Å². The Kier molecular flexibility index (Phi) is 5.98. The molecule has 0 unspecified atom stereocenters. The Hall–Kier alpha value is -1.30. The number of ether oxygens (including phenoxy) is 4. The molecule has 1 aromatic rings. The van der Waals surface area contributed by atoms with Crippen LogP contribution in [0.4, 0.5) is 0 Å². The average molecular weight is 335 g/mol. The quantitative estimate of drug-likeness (QED) is 0.766. The Labute approximate surface area is 144 Å². The lowest BCUT2D eigenvalue weighted by Gasteiger charge is -2.39. The van der Waals surface area contributed by atoms with Crippen molar-refractivity contribution in [3.8, 4) is 11.5 Å². The number of nitrogens with zero attached hydrogens (tertiary/aromatic N) is 1. The first-order valence-electron chi connectivity index (χ1n) is 8.95. The normalized spacial score (nSPS) is 27.0. The van der Waals surface area contributed by atoms with E-state index < -0.39 is 0 Å². The minimum Gasteiger partial charge on any atom is -0.493 e. The van der Waals surface area contributed by atoms with Gasteiger partial charge in [-0.25, -0.2) is 0 Å². The van der Waals surface area contributed by atoms with Crippen LogP contribution in [0.25, 0.3) is 0 Å². The van der Waals surface area contributed by atoms with E-state index in [1.807, 2.05) is 6.07 Å². The molecule has 1 aliphatic carbocycles. The van der Waals surface area contributed by atoms with Crippen LogP contribution in [0.1, 0.15) is 25.3 Å². The Morgan fingerprint density at radius 2 is 2.00 bits per heavy atom. The van der Waals surface area contributed by atoms with Crippen molar-refractivity contribution in [2.45, 2.75) is 44.4 Å². The zero-order chi connectivity index (χ0) is 16.9. The van der Waals surface area contributed by atoms with E-state index in [9.17, 15) is 0 Å². The summed E-state index contributed by atoms with van der Waals surface area (Å²) in [6, 6.07) is 6.68. The second kappa shape index (κ2) is 8.19. The number of morpholine rings is 1. The van der Waals surface area contributed by atoms with Crippen LogP contribution in [0, 0.1) is 0 Å². The molecule has 1 saturated carbocycles. The van der Waals surface area contributed by atoms with Crippen molar-refractivity contribution >= 4 is 0 Å². The molecule has 0 bridgehead atoms. The summed E-state index contributed by atoms with van der Waals surface area (Å²) >= 11 is 0. The monoisotopic (exact) mass is 335 g/mol. The molecule has 5 nitrogen and oxygen atoms in total. The molecule has 1 heterocycles. The van der Waals surface area contributed by atoms with Gasteiger partial charge in [-0.2, -0.15) is 0 Å². The van der Waals surface area contributed by atoms with Crippen LogP contribution < -0.4 is 9.47 Å². The van der Waals surface area contributed by atoms with Crippen molar-refractivity contribution in [3.63, 3.8) is 0 Å². The summed E-state index contributed by atoms with van der Waals surface area (Å²) in [6.07, 6.45) is 3.79. The molecule has 5 heteroatoms. The van der Waals surface area contributed by atoms with E-state index in [0.717, 1.165) is 50.6 Å². The number of hydrogen-bond acceptors (Lipinski definition) is 5. The molecule has 0 N–H and O–H groups in total. The first-order chi connectivity index (χ1) is 11.8. The number of methoxy groups -OCH3 is 2. The van der Waals surface area contributed by atoms with E-state index in [4.69, 9.17) is 18.9 Å². The molecule has 1 aromatic carbocycles. The van der Waals surface area contributed by atoms with Gasteiger partial charge in [-0.15, -0.1) is 0 Å². The summed E-state index contributed by atoms with van der Waals surface area (Å²) in [5, 5.41) is 0. The Balaban J connectivity index is 1.60. The maximum absolute atomic E-state index is 6.01. The molecular formula is C19H29NO4. The average Bonchev–Trinajstić information content (AvgIpc) is 3.03. The van der Waals surface area contributed by atoms with Crippen LogP contribution in [-0.2, 0) is 15.9 Å². The van der Waals surface area contributed by atoms with Crippen molar-refractivity contribution in [1.29, 1.82) is 0 Å². The van der Waals surface area contributed by atoms with Gasteiger partial charge in [0.05, 0.1) is 33.0 Å². The molecule has 0 aromatic heterocycles. The van der Waals surface area contributed by atoms with Gasteiger partial charge in [0.25, 0.3) is 0 Å². The summed E-state index contributed by atoms with van der Waals surface area (Å²) in [5.41, 5.74) is 1.27. The van der Waals surface area contributed by atoms with E-state index >= 15 is 0 Å². The third kappa shape index (κ3) is 3.68. The maximum Gasteiger partial charge on any atom is 0.160 e. The Morgan fingerprint density at radius 3 is 2.75 bits per heavy atom. The molecule has 2 aliphatic rings. The van der Waals surface area contributed by atoms with Gasteiger partial charge in [0.1, 0.15) is 0 Å². The number of rotatable bonds is 7. The van der Waals surface area contributed by atoms with E-state index in [2.05, 4.69) is 24.0 Å². The molecule has 134 valence electrons. The van der Waals surface area contributed by atoms with Gasteiger partial charge < -0.3 is 18.9 Å². The van der Waals surface area contributed by atoms with Crippen molar-refractivity contribution in [1.82, 2.24) is 4.90 Å². The van der Waals surface area contributed by atoms with Crippen LogP contribution in [0.2, 0.25) is 0 Å². The van der Waals surface area contributed by atoms with Crippen LogP contribution in [-0.4, -0.2) is 63.7 Å². The fraction of sp³-hybridized carbons (Fsp3) is 0.684. The zero-order valence-corrected chi connectivity index (χ0v) is 15.0. The molecule has 1 saturated heterocycles. The highest BCUT2D eigenvalue weighted by molar-refractivity contribution is 5.42. The lowest BCUT2D eigenvalue weighted by molar-refractivity contribution is -0.111. The van der Waals surface area contributed by atoms with Gasteiger partial charge in [-0.05, 0) is 43.9 Å². The highest BCUT2D eigenvalue weighted by Gasteiger charge is 2.42.